The van der Waals surface area contributed by atoms with Gasteiger partial charge in [0, 0.05) is 10.0 Å². The number of nitrogens with zero attached hydrogens (tertiary/aromatic N) is 4. The van der Waals surface area contributed by atoms with E-state index in [1.165, 1.54) is 0 Å². The first kappa shape index (κ1) is 16.1. The number of methoxy groups -OCH3 is 1. The zero-order valence-electron chi connectivity index (χ0n) is 12.8. The molecule has 0 fully saturated rings. The largest absolute Gasteiger partial charge is 0.497 e. The van der Waals surface area contributed by atoms with Crippen LogP contribution in [0.25, 0.3) is 5.69 Å². The van der Waals surface area contributed by atoms with Gasteiger partial charge in [0.1, 0.15) is 5.75 Å². The van der Waals surface area contributed by atoms with E-state index in [0.717, 1.165) is 10.2 Å². The summed E-state index contributed by atoms with van der Waals surface area (Å²) in [4.78, 5) is 12.2. The summed E-state index contributed by atoms with van der Waals surface area (Å²) in [5.74, 6) is 1.04. The first-order valence-corrected chi connectivity index (χ1v) is 7.92. The van der Waals surface area contributed by atoms with E-state index in [-0.39, 0.29) is 12.5 Å². The Hall–Kier alpha value is -2.74. The number of hydrogen-bond acceptors (Lipinski definition) is 5. The van der Waals surface area contributed by atoms with Gasteiger partial charge in [0.25, 0.3) is 5.91 Å². The van der Waals surface area contributed by atoms with Crippen LogP contribution >= 0.6 is 15.9 Å². The molecule has 2 aromatic carbocycles. The third-order valence-corrected chi connectivity index (χ3v) is 3.89. The van der Waals surface area contributed by atoms with Crippen molar-refractivity contribution in [3.8, 4) is 11.4 Å². The summed E-state index contributed by atoms with van der Waals surface area (Å²) in [6.45, 7) is 0.216. The highest BCUT2D eigenvalue weighted by molar-refractivity contribution is 9.10. The summed E-state index contributed by atoms with van der Waals surface area (Å²) < 4.78 is 7.63. The summed E-state index contributed by atoms with van der Waals surface area (Å²) in [7, 11) is 1.58. The summed E-state index contributed by atoms with van der Waals surface area (Å²) in [5, 5.41) is 14.4. The SMILES string of the molecule is COc1ccc(C(=O)NCc2nnnn2-c2ccc(Br)cc2)cc1. The molecule has 0 saturated heterocycles. The second-order valence-electron chi connectivity index (χ2n) is 4.89. The maximum absolute atomic E-state index is 12.2. The molecule has 1 heterocycles. The Kier molecular flexibility index (Phi) is 4.85. The third kappa shape index (κ3) is 3.60. The number of amides is 1. The fourth-order valence-corrected chi connectivity index (χ4v) is 2.37. The maximum Gasteiger partial charge on any atom is 0.251 e. The smallest absolute Gasteiger partial charge is 0.251 e. The Morgan fingerprint density at radius 1 is 1.17 bits per heavy atom. The molecule has 122 valence electrons. The highest BCUT2D eigenvalue weighted by atomic mass is 79.9. The average Bonchev–Trinajstić information content (AvgIpc) is 3.09. The molecule has 1 aromatic heterocycles. The number of ether oxygens (including phenoxy) is 1. The number of nitrogens with one attached hydrogen (secondary N) is 1. The van der Waals surface area contributed by atoms with Gasteiger partial charge < -0.3 is 10.1 Å². The minimum atomic E-state index is -0.206. The van der Waals surface area contributed by atoms with E-state index in [2.05, 4.69) is 36.8 Å². The minimum Gasteiger partial charge on any atom is -0.497 e. The van der Waals surface area contributed by atoms with Gasteiger partial charge >= 0.3 is 0 Å². The molecule has 0 atom stereocenters. The van der Waals surface area contributed by atoms with Gasteiger partial charge in [0.05, 0.1) is 19.3 Å². The Balaban J connectivity index is 1.69. The molecule has 0 unspecified atom stereocenters. The maximum atomic E-state index is 12.2. The Morgan fingerprint density at radius 3 is 2.54 bits per heavy atom. The molecule has 0 aliphatic heterocycles. The number of carbonyl (C=O) groups is 1. The van der Waals surface area contributed by atoms with Gasteiger partial charge in [-0.15, -0.1) is 5.10 Å². The van der Waals surface area contributed by atoms with Crippen LogP contribution in [-0.2, 0) is 6.54 Å². The first-order valence-electron chi connectivity index (χ1n) is 7.13. The predicted molar refractivity (Wildman–Crippen MR) is 91.0 cm³/mol. The second-order valence-corrected chi connectivity index (χ2v) is 5.81. The lowest BCUT2D eigenvalue weighted by Gasteiger charge is -2.07. The minimum absolute atomic E-state index is 0.206. The van der Waals surface area contributed by atoms with Crippen LogP contribution in [0.3, 0.4) is 0 Å². The van der Waals surface area contributed by atoms with Gasteiger partial charge in [0.15, 0.2) is 5.82 Å². The van der Waals surface area contributed by atoms with E-state index in [1.54, 1.807) is 36.1 Å². The zero-order chi connectivity index (χ0) is 16.9. The van der Waals surface area contributed by atoms with E-state index in [4.69, 9.17) is 4.74 Å². The molecule has 0 bridgehead atoms. The Labute approximate surface area is 146 Å². The second kappa shape index (κ2) is 7.22. The van der Waals surface area contributed by atoms with Gasteiger partial charge in [-0.1, -0.05) is 15.9 Å². The van der Waals surface area contributed by atoms with Gasteiger partial charge in [-0.3, -0.25) is 4.79 Å². The number of halogens is 1. The number of benzene rings is 2. The third-order valence-electron chi connectivity index (χ3n) is 3.36. The van der Waals surface area contributed by atoms with Crippen molar-refractivity contribution in [1.29, 1.82) is 0 Å². The number of aromatic nitrogens is 4. The van der Waals surface area contributed by atoms with Crippen LogP contribution < -0.4 is 10.1 Å². The van der Waals surface area contributed by atoms with Crippen molar-refractivity contribution in [1.82, 2.24) is 25.5 Å². The number of carbonyl (C=O) groups excluding carboxylic acids is 1. The van der Waals surface area contributed by atoms with E-state index in [9.17, 15) is 4.79 Å². The summed E-state index contributed by atoms with van der Waals surface area (Å²) in [6, 6.07) is 14.4. The lowest BCUT2D eigenvalue weighted by atomic mass is 10.2. The average molecular weight is 388 g/mol. The van der Waals surface area contributed by atoms with Gasteiger partial charge in [-0.05, 0) is 59.0 Å². The molecule has 7 nitrogen and oxygen atoms in total. The van der Waals surface area contributed by atoms with Crippen molar-refractivity contribution in [2.45, 2.75) is 6.54 Å². The quantitative estimate of drug-likeness (QED) is 0.726. The number of rotatable bonds is 5. The van der Waals surface area contributed by atoms with E-state index >= 15 is 0 Å². The van der Waals surface area contributed by atoms with Crippen molar-refractivity contribution in [3.63, 3.8) is 0 Å². The fraction of sp³-hybridized carbons (Fsp3) is 0.125. The van der Waals surface area contributed by atoms with Crippen LogP contribution in [0.1, 0.15) is 16.2 Å². The molecule has 0 aliphatic rings. The highest BCUT2D eigenvalue weighted by Gasteiger charge is 2.11. The first-order chi connectivity index (χ1) is 11.7. The van der Waals surface area contributed by atoms with Crippen LogP contribution in [0.2, 0.25) is 0 Å². The topological polar surface area (TPSA) is 81.9 Å². The molecule has 1 amide bonds. The molecule has 0 saturated carbocycles. The monoisotopic (exact) mass is 387 g/mol. The lowest BCUT2D eigenvalue weighted by Crippen LogP contribution is -2.24. The molecule has 0 radical (unpaired) electrons. The van der Waals surface area contributed by atoms with Crippen LogP contribution in [0, 0.1) is 0 Å². The summed E-state index contributed by atoms with van der Waals surface area (Å²) in [5.41, 5.74) is 1.36. The van der Waals surface area contributed by atoms with E-state index < -0.39 is 0 Å². The molecule has 0 spiro atoms. The molecule has 1 N–H and O–H groups in total. The molecule has 3 rings (SSSR count). The number of hydrogen-bond donors (Lipinski definition) is 1. The molecule has 3 aromatic rings. The molecule has 8 heteroatoms. The molecule has 24 heavy (non-hydrogen) atoms. The summed E-state index contributed by atoms with van der Waals surface area (Å²) in [6.07, 6.45) is 0. The van der Waals surface area contributed by atoms with Crippen LogP contribution in [0.5, 0.6) is 5.75 Å². The predicted octanol–water partition coefficient (Wildman–Crippen LogP) is 2.36. The normalized spacial score (nSPS) is 10.4. The van der Waals surface area contributed by atoms with E-state index in [1.807, 2.05) is 24.3 Å². The highest BCUT2D eigenvalue weighted by Crippen LogP contribution is 2.14. The van der Waals surface area contributed by atoms with Crippen molar-refractivity contribution >= 4 is 21.8 Å². The standard InChI is InChI=1S/C16H14BrN5O2/c1-24-14-8-2-11(3-9-14)16(23)18-10-15-19-20-21-22(15)13-6-4-12(17)5-7-13/h2-9H,10H2,1H3,(H,18,23). The van der Waals surface area contributed by atoms with Crippen molar-refractivity contribution in [2.75, 3.05) is 7.11 Å². The Morgan fingerprint density at radius 2 is 1.88 bits per heavy atom. The van der Waals surface area contributed by atoms with E-state index in [0.29, 0.717) is 17.1 Å². The molecule has 0 aliphatic carbocycles. The number of tetrazole rings is 1. The zero-order valence-corrected chi connectivity index (χ0v) is 14.4. The fourth-order valence-electron chi connectivity index (χ4n) is 2.10. The summed E-state index contributed by atoms with van der Waals surface area (Å²) >= 11 is 3.39. The molecular weight excluding hydrogens is 374 g/mol. The van der Waals surface area contributed by atoms with Crippen LogP contribution in [-0.4, -0.2) is 33.2 Å². The van der Waals surface area contributed by atoms with Crippen molar-refractivity contribution < 1.29 is 9.53 Å². The van der Waals surface area contributed by atoms with Crippen molar-refractivity contribution in [2.24, 2.45) is 0 Å². The van der Waals surface area contributed by atoms with Gasteiger partial charge in [-0.2, -0.15) is 4.68 Å². The Bertz CT molecular complexity index is 830. The van der Waals surface area contributed by atoms with Crippen LogP contribution in [0.4, 0.5) is 0 Å². The van der Waals surface area contributed by atoms with Crippen molar-refractivity contribution in [3.05, 3.63) is 64.4 Å². The lowest BCUT2D eigenvalue weighted by molar-refractivity contribution is 0.0949. The van der Waals surface area contributed by atoms with Crippen LogP contribution in [0.15, 0.2) is 53.0 Å². The molecular formula is C16H14BrN5O2. The van der Waals surface area contributed by atoms with Gasteiger partial charge in [0.2, 0.25) is 0 Å². The van der Waals surface area contributed by atoms with Gasteiger partial charge in [-0.25, -0.2) is 0 Å².